The molecule has 0 saturated carbocycles. The quantitative estimate of drug-likeness (QED) is 0.676. The molecule has 11 heavy (non-hydrogen) atoms. The Balaban J connectivity index is 3.24. The molecule has 1 N–H and O–H groups in total. The molecule has 1 aromatic rings. The van der Waals surface area contributed by atoms with Gasteiger partial charge >= 0.3 is 0 Å². The van der Waals surface area contributed by atoms with Crippen molar-refractivity contribution in [2.45, 2.75) is 13.3 Å². The summed E-state index contributed by atoms with van der Waals surface area (Å²) in [6.07, 6.45) is 5.43. The van der Waals surface area contributed by atoms with Crippen LogP contribution in [-0.4, -0.2) is 11.2 Å². The van der Waals surface area contributed by atoms with E-state index in [1.54, 1.807) is 12.4 Å². The Morgan fingerprint density at radius 3 is 2.82 bits per heavy atom. The van der Waals surface area contributed by atoms with Gasteiger partial charge in [0.2, 0.25) is 0 Å². The van der Waals surface area contributed by atoms with Crippen LogP contribution in [0.3, 0.4) is 0 Å². The maximum absolute atomic E-state index is 7.09. The second-order valence-corrected chi connectivity index (χ2v) is 2.60. The second kappa shape index (κ2) is 3.49. The van der Waals surface area contributed by atoms with Gasteiger partial charge in [0.1, 0.15) is 0 Å². The minimum absolute atomic E-state index is 0.555. The van der Waals surface area contributed by atoms with Crippen LogP contribution >= 0.6 is 11.6 Å². The lowest BCUT2D eigenvalue weighted by molar-refractivity contribution is 1.10. The number of nitrogens with zero attached hydrogens (tertiary/aromatic N) is 1. The number of halogens is 1. The highest BCUT2D eigenvalue weighted by atomic mass is 35.5. The third kappa shape index (κ3) is 1.57. The predicted octanol–water partition coefficient (Wildman–Crippen LogP) is 2.30. The number of nitrogens with one attached hydrogen (secondary N) is 1. The Hall–Kier alpha value is -0.890. The maximum atomic E-state index is 7.09. The molecule has 3 heteroatoms. The van der Waals surface area contributed by atoms with Crippen LogP contribution in [0.25, 0.3) is 0 Å². The molecule has 0 radical (unpaired) electrons. The Bertz CT molecular complexity index is 271. The van der Waals surface area contributed by atoms with E-state index in [2.05, 4.69) is 4.98 Å². The molecular weight excluding hydrogens is 160 g/mol. The first-order valence-corrected chi connectivity index (χ1v) is 3.80. The van der Waals surface area contributed by atoms with Gasteiger partial charge in [-0.2, -0.15) is 0 Å². The van der Waals surface area contributed by atoms with Crippen molar-refractivity contribution in [1.82, 2.24) is 4.98 Å². The molecule has 1 aromatic heterocycles. The standard InChI is InChI=1S/C8H9ClN2/c1-2-6-4-11-5-8(9)7(6)3-10/h3-5,10H,2H2,1H3. The van der Waals surface area contributed by atoms with E-state index in [9.17, 15) is 0 Å². The highest BCUT2D eigenvalue weighted by Crippen LogP contribution is 2.16. The summed E-state index contributed by atoms with van der Waals surface area (Å²) < 4.78 is 0. The van der Waals surface area contributed by atoms with E-state index in [4.69, 9.17) is 17.0 Å². The summed E-state index contributed by atoms with van der Waals surface area (Å²) in [5, 5.41) is 7.65. The summed E-state index contributed by atoms with van der Waals surface area (Å²) in [4.78, 5) is 3.93. The van der Waals surface area contributed by atoms with E-state index in [0.717, 1.165) is 17.5 Å². The van der Waals surface area contributed by atoms with E-state index in [1.165, 1.54) is 6.21 Å². The third-order valence-corrected chi connectivity index (χ3v) is 1.85. The lowest BCUT2D eigenvalue weighted by atomic mass is 10.1. The first-order valence-electron chi connectivity index (χ1n) is 3.42. The van der Waals surface area contributed by atoms with Gasteiger partial charge < -0.3 is 5.41 Å². The van der Waals surface area contributed by atoms with Crippen LogP contribution in [-0.2, 0) is 6.42 Å². The van der Waals surface area contributed by atoms with Crippen molar-refractivity contribution < 1.29 is 0 Å². The zero-order valence-electron chi connectivity index (χ0n) is 6.26. The van der Waals surface area contributed by atoms with E-state index in [0.29, 0.717) is 5.02 Å². The molecule has 1 rings (SSSR count). The molecular formula is C8H9ClN2. The highest BCUT2D eigenvalue weighted by molar-refractivity contribution is 6.33. The number of aromatic nitrogens is 1. The molecule has 1 heterocycles. The van der Waals surface area contributed by atoms with Crippen molar-refractivity contribution in [3.8, 4) is 0 Å². The highest BCUT2D eigenvalue weighted by Gasteiger charge is 2.01. The lowest BCUT2D eigenvalue weighted by Gasteiger charge is -2.01. The van der Waals surface area contributed by atoms with Crippen LogP contribution in [0.1, 0.15) is 18.1 Å². The van der Waals surface area contributed by atoms with Crippen LogP contribution in [0.15, 0.2) is 12.4 Å². The Labute approximate surface area is 70.7 Å². The lowest BCUT2D eigenvalue weighted by Crippen LogP contribution is -1.92. The zero-order valence-corrected chi connectivity index (χ0v) is 7.02. The minimum atomic E-state index is 0.555. The largest absolute Gasteiger partial charge is 0.308 e. The van der Waals surface area contributed by atoms with Gasteiger partial charge in [0.15, 0.2) is 0 Å². The van der Waals surface area contributed by atoms with Crippen LogP contribution in [0, 0.1) is 5.41 Å². The van der Waals surface area contributed by atoms with Crippen LogP contribution in [0.4, 0.5) is 0 Å². The number of hydrogen-bond donors (Lipinski definition) is 1. The number of hydrogen-bond acceptors (Lipinski definition) is 2. The summed E-state index contributed by atoms with van der Waals surface area (Å²) in [7, 11) is 0. The molecule has 2 nitrogen and oxygen atoms in total. The fraction of sp³-hybridized carbons (Fsp3) is 0.250. The average Bonchev–Trinajstić information content (AvgIpc) is 2.04. The van der Waals surface area contributed by atoms with Crippen molar-refractivity contribution in [1.29, 1.82) is 5.41 Å². The molecule has 0 fully saturated rings. The normalized spacial score (nSPS) is 9.64. The van der Waals surface area contributed by atoms with E-state index < -0.39 is 0 Å². The monoisotopic (exact) mass is 168 g/mol. The second-order valence-electron chi connectivity index (χ2n) is 2.19. The summed E-state index contributed by atoms with van der Waals surface area (Å²) in [6.45, 7) is 2.01. The molecule has 0 amide bonds. The van der Waals surface area contributed by atoms with Crippen molar-refractivity contribution in [2.24, 2.45) is 0 Å². The summed E-state index contributed by atoms with van der Waals surface area (Å²) in [5.41, 5.74) is 1.80. The molecule has 0 aliphatic carbocycles. The van der Waals surface area contributed by atoms with Crippen molar-refractivity contribution in [3.63, 3.8) is 0 Å². The molecule has 0 aromatic carbocycles. The number of rotatable bonds is 2. The smallest absolute Gasteiger partial charge is 0.0679 e. The molecule has 0 bridgehead atoms. The van der Waals surface area contributed by atoms with Crippen LogP contribution < -0.4 is 0 Å². The summed E-state index contributed by atoms with van der Waals surface area (Å²) >= 11 is 5.79. The van der Waals surface area contributed by atoms with Gasteiger partial charge in [-0.05, 0) is 12.0 Å². The summed E-state index contributed by atoms with van der Waals surface area (Å²) in [5.74, 6) is 0. The fourth-order valence-electron chi connectivity index (χ4n) is 0.929. The van der Waals surface area contributed by atoms with Gasteiger partial charge in [0.25, 0.3) is 0 Å². The summed E-state index contributed by atoms with van der Waals surface area (Å²) in [6, 6.07) is 0. The van der Waals surface area contributed by atoms with E-state index in [1.807, 2.05) is 6.92 Å². The third-order valence-electron chi connectivity index (χ3n) is 1.55. The van der Waals surface area contributed by atoms with Crippen molar-refractivity contribution in [2.75, 3.05) is 0 Å². The van der Waals surface area contributed by atoms with E-state index in [-0.39, 0.29) is 0 Å². The molecule has 0 unspecified atom stereocenters. The van der Waals surface area contributed by atoms with Crippen LogP contribution in [0.2, 0.25) is 5.02 Å². The first-order chi connectivity index (χ1) is 5.29. The topological polar surface area (TPSA) is 36.7 Å². The van der Waals surface area contributed by atoms with Gasteiger partial charge in [0, 0.05) is 24.2 Å². The fourth-order valence-corrected chi connectivity index (χ4v) is 1.16. The van der Waals surface area contributed by atoms with Gasteiger partial charge in [-0.25, -0.2) is 0 Å². The number of aryl methyl sites for hydroxylation is 1. The molecule has 0 atom stereocenters. The maximum Gasteiger partial charge on any atom is 0.0679 e. The van der Waals surface area contributed by atoms with Gasteiger partial charge in [-0.1, -0.05) is 18.5 Å². The Morgan fingerprint density at radius 1 is 1.64 bits per heavy atom. The van der Waals surface area contributed by atoms with Crippen molar-refractivity contribution >= 4 is 17.8 Å². The van der Waals surface area contributed by atoms with Crippen molar-refractivity contribution in [3.05, 3.63) is 28.5 Å². The molecule has 0 aliphatic heterocycles. The zero-order chi connectivity index (χ0) is 8.27. The Morgan fingerprint density at radius 2 is 2.36 bits per heavy atom. The molecule has 0 spiro atoms. The first kappa shape index (κ1) is 8.21. The number of pyridine rings is 1. The Kier molecular flexibility index (Phi) is 2.60. The minimum Gasteiger partial charge on any atom is -0.308 e. The SMILES string of the molecule is CCc1cncc(Cl)c1C=N. The van der Waals surface area contributed by atoms with E-state index >= 15 is 0 Å². The van der Waals surface area contributed by atoms with Gasteiger partial charge in [-0.3, -0.25) is 4.98 Å². The molecule has 58 valence electrons. The van der Waals surface area contributed by atoms with Gasteiger partial charge in [0.05, 0.1) is 5.02 Å². The van der Waals surface area contributed by atoms with Crippen LogP contribution in [0.5, 0.6) is 0 Å². The molecule has 0 saturated heterocycles. The average molecular weight is 169 g/mol. The predicted molar refractivity (Wildman–Crippen MR) is 46.5 cm³/mol. The molecule has 0 aliphatic rings. The van der Waals surface area contributed by atoms with Gasteiger partial charge in [-0.15, -0.1) is 0 Å².